The van der Waals surface area contributed by atoms with E-state index in [0.717, 1.165) is 0 Å². The molecule has 3 rings (SSSR count). The second kappa shape index (κ2) is 6.26. The molecular formula is C17H17FN2O3. The molecule has 120 valence electrons. The SMILES string of the molecule is CC(CC(O)c1ccco1)NC(=O)c1c[nH]c2cccc(F)c12. The second-order valence-corrected chi connectivity index (χ2v) is 5.51. The second-order valence-electron chi connectivity index (χ2n) is 5.51. The minimum absolute atomic E-state index is 0.248. The van der Waals surface area contributed by atoms with Gasteiger partial charge in [0.1, 0.15) is 17.7 Å². The molecule has 0 aliphatic rings. The number of H-pyrrole nitrogens is 1. The van der Waals surface area contributed by atoms with Crippen LogP contribution in [-0.2, 0) is 0 Å². The van der Waals surface area contributed by atoms with E-state index < -0.39 is 11.9 Å². The number of hydrogen-bond donors (Lipinski definition) is 3. The zero-order valence-corrected chi connectivity index (χ0v) is 12.5. The Kier molecular flexibility index (Phi) is 4.16. The van der Waals surface area contributed by atoms with Crippen molar-refractivity contribution >= 4 is 16.8 Å². The quantitative estimate of drug-likeness (QED) is 0.676. The number of halogens is 1. The van der Waals surface area contributed by atoms with E-state index in [9.17, 15) is 14.3 Å². The van der Waals surface area contributed by atoms with Crippen molar-refractivity contribution < 1.29 is 18.7 Å². The summed E-state index contributed by atoms with van der Waals surface area (Å²) in [4.78, 5) is 15.2. The minimum Gasteiger partial charge on any atom is -0.467 e. The number of fused-ring (bicyclic) bond motifs is 1. The van der Waals surface area contributed by atoms with Crippen LogP contribution in [0.1, 0.15) is 35.6 Å². The molecule has 0 saturated carbocycles. The van der Waals surface area contributed by atoms with E-state index in [1.807, 2.05) is 0 Å². The van der Waals surface area contributed by atoms with Crippen LogP contribution in [0.4, 0.5) is 4.39 Å². The van der Waals surface area contributed by atoms with Crippen molar-refractivity contribution in [2.24, 2.45) is 0 Å². The van der Waals surface area contributed by atoms with Crippen LogP contribution in [0.15, 0.2) is 47.2 Å². The van der Waals surface area contributed by atoms with Gasteiger partial charge in [0, 0.05) is 29.6 Å². The minimum atomic E-state index is -0.806. The van der Waals surface area contributed by atoms with Gasteiger partial charge < -0.3 is 19.8 Å². The number of aliphatic hydroxyl groups excluding tert-OH is 1. The fourth-order valence-corrected chi connectivity index (χ4v) is 2.61. The molecule has 6 heteroatoms. The van der Waals surface area contributed by atoms with Crippen molar-refractivity contribution in [3.63, 3.8) is 0 Å². The Hall–Kier alpha value is -2.60. The van der Waals surface area contributed by atoms with Crippen LogP contribution in [0.25, 0.3) is 10.9 Å². The topological polar surface area (TPSA) is 78.3 Å². The van der Waals surface area contributed by atoms with Crippen LogP contribution < -0.4 is 5.32 Å². The number of aromatic nitrogens is 1. The summed E-state index contributed by atoms with van der Waals surface area (Å²) in [6.45, 7) is 1.77. The number of carbonyl (C=O) groups is 1. The van der Waals surface area contributed by atoms with Crippen molar-refractivity contribution in [1.82, 2.24) is 10.3 Å². The highest BCUT2D eigenvalue weighted by molar-refractivity contribution is 6.07. The Balaban J connectivity index is 1.71. The summed E-state index contributed by atoms with van der Waals surface area (Å²) >= 11 is 0. The van der Waals surface area contributed by atoms with Crippen molar-refractivity contribution in [3.8, 4) is 0 Å². The van der Waals surface area contributed by atoms with Crippen LogP contribution in [0, 0.1) is 5.82 Å². The van der Waals surface area contributed by atoms with E-state index in [-0.39, 0.29) is 22.9 Å². The Morgan fingerprint density at radius 1 is 1.39 bits per heavy atom. The van der Waals surface area contributed by atoms with Crippen molar-refractivity contribution in [2.75, 3.05) is 0 Å². The van der Waals surface area contributed by atoms with E-state index in [1.165, 1.54) is 18.5 Å². The summed E-state index contributed by atoms with van der Waals surface area (Å²) in [5.74, 6) is -0.387. The van der Waals surface area contributed by atoms with Crippen molar-refractivity contribution in [1.29, 1.82) is 0 Å². The number of aliphatic hydroxyl groups is 1. The highest BCUT2D eigenvalue weighted by Gasteiger charge is 2.20. The number of aromatic amines is 1. The number of carbonyl (C=O) groups excluding carboxylic acids is 1. The molecule has 0 fully saturated rings. The third-order valence-electron chi connectivity index (χ3n) is 3.73. The molecule has 0 spiro atoms. The van der Waals surface area contributed by atoms with Gasteiger partial charge in [0.2, 0.25) is 0 Å². The molecule has 1 aromatic carbocycles. The number of rotatable bonds is 5. The fourth-order valence-electron chi connectivity index (χ4n) is 2.61. The molecule has 3 aromatic rings. The number of nitrogens with one attached hydrogen (secondary N) is 2. The molecule has 2 unspecified atom stereocenters. The molecule has 5 nitrogen and oxygen atoms in total. The summed E-state index contributed by atoms with van der Waals surface area (Å²) in [7, 11) is 0. The standard InChI is InChI=1S/C17H17FN2O3/c1-10(8-14(21)15-6-3-7-23-15)20-17(22)11-9-19-13-5-2-4-12(18)16(11)13/h2-7,9-10,14,19,21H,8H2,1H3,(H,20,22). The maximum atomic E-state index is 13.9. The first-order chi connectivity index (χ1) is 11.1. The maximum absolute atomic E-state index is 13.9. The highest BCUT2D eigenvalue weighted by Crippen LogP contribution is 2.22. The maximum Gasteiger partial charge on any atom is 0.253 e. The monoisotopic (exact) mass is 316 g/mol. The smallest absolute Gasteiger partial charge is 0.253 e. The summed E-state index contributed by atoms with van der Waals surface area (Å²) in [5.41, 5.74) is 0.816. The van der Waals surface area contributed by atoms with E-state index in [0.29, 0.717) is 17.7 Å². The van der Waals surface area contributed by atoms with Crippen molar-refractivity contribution in [2.45, 2.75) is 25.5 Å². The van der Waals surface area contributed by atoms with E-state index in [4.69, 9.17) is 4.42 Å². The van der Waals surface area contributed by atoms with Gasteiger partial charge in [0.05, 0.1) is 11.8 Å². The summed E-state index contributed by atoms with van der Waals surface area (Å²) in [6, 6.07) is 7.67. The first-order valence-corrected chi connectivity index (χ1v) is 7.34. The van der Waals surface area contributed by atoms with E-state index >= 15 is 0 Å². The first-order valence-electron chi connectivity index (χ1n) is 7.34. The normalized spacial score (nSPS) is 13.9. The first kappa shape index (κ1) is 15.3. The Morgan fingerprint density at radius 3 is 2.96 bits per heavy atom. The molecule has 0 radical (unpaired) electrons. The fraction of sp³-hybridized carbons (Fsp3) is 0.235. The van der Waals surface area contributed by atoms with Gasteiger partial charge in [-0.1, -0.05) is 6.07 Å². The molecular weight excluding hydrogens is 299 g/mol. The van der Waals surface area contributed by atoms with E-state index in [2.05, 4.69) is 10.3 Å². The Morgan fingerprint density at radius 2 is 2.22 bits per heavy atom. The van der Waals surface area contributed by atoms with Crippen LogP contribution in [0.5, 0.6) is 0 Å². The number of benzene rings is 1. The summed E-state index contributed by atoms with van der Waals surface area (Å²) < 4.78 is 19.1. The largest absolute Gasteiger partial charge is 0.467 e. The van der Waals surface area contributed by atoms with Gasteiger partial charge in [-0.3, -0.25) is 4.79 Å². The molecule has 2 heterocycles. The van der Waals surface area contributed by atoms with Gasteiger partial charge in [-0.15, -0.1) is 0 Å². The van der Waals surface area contributed by atoms with Gasteiger partial charge in [-0.25, -0.2) is 4.39 Å². The molecule has 3 N–H and O–H groups in total. The van der Waals surface area contributed by atoms with E-state index in [1.54, 1.807) is 31.2 Å². The third-order valence-corrected chi connectivity index (χ3v) is 3.73. The molecule has 2 atom stereocenters. The molecule has 0 aliphatic carbocycles. The third kappa shape index (κ3) is 3.12. The molecule has 23 heavy (non-hydrogen) atoms. The number of hydrogen-bond acceptors (Lipinski definition) is 3. The predicted octanol–water partition coefficient (Wildman–Crippen LogP) is 3.14. The van der Waals surface area contributed by atoms with Crippen molar-refractivity contribution in [3.05, 3.63) is 59.9 Å². The average Bonchev–Trinajstić information content (AvgIpc) is 3.17. The molecule has 2 aromatic heterocycles. The van der Waals surface area contributed by atoms with Gasteiger partial charge in [-0.05, 0) is 31.2 Å². The lowest BCUT2D eigenvalue weighted by Gasteiger charge is -2.16. The van der Waals surface area contributed by atoms with Gasteiger partial charge in [0.25, 0.3) is 5.91 Å². The summed E-state index contributed by atoms with van der Waals surface area (Å²) in [5, 5.41) is 13.1. The zero-order chi connectivity index (χ0) is 16.4. The lowest BCUT2D eigenvalue weighted by atomic mass is 10.1. The zero-order valence-electron chi connectivity index (χ0n) is 12.5. The molecule has 0 aliphatic heterocycles. The number of amides is 1. The molecule has 0 saturated heterocycles. The predicted molar refractivity (Wildman–Crippen MR) is 83.5 cm³/mol. The Labute approximate surface area is 132 Å². The lowest BCUT2D eigenvalue weighted by molar-refractivity contribution is 0.0904. The van der Waals surface area contributed by atoms with Gasteiger partial charge in [-0.2, -0.15) is 0 Å². The molecule has 0 bridgehead atoms. The van der Waals surface area contributed by atoms with Gasteiger partial charge >= 0.3 is 0 Å². The Bertz CT molecular complexity index is 810. The lowest BCUT2D eigenvalue weighted by Crippen LogP contribution is -2.33. The average molecular weight is 316 g/mol. The van der Waals surface area contributed by atoms with Crippen LogP contribution in [-0.4, -0.2) is 22.0 Å². The highest BCUT2D eigenvalue weighted by atomic mass is 19.1. The number of furan rings is 1. The van der Waals surface area contributed by atoms with Crippen LogP contribution in [0.3, 0.4) is 0 Å². The molecule has 1 amide bonds. The van der Waals surface area contributed by atoms with Crippen LogP contribution >= 0.6 is 0 Å². The van der Waals surface area contributed by atoms with Crippen LogP contribution in [0.2, 0.25) is 0 Å². The summed E-state index contributed by atoms with van der Waals surface area (Å²) in [6.07, 6.45) is 2.46. The van der Waals surface area contributed by atoms with Gasteiger partial charge in [0.15, 0.2) is 0 Å².